The average Bonchev–Trinajstić information content (AvgIpc) is 3.14. The van der Waals surface area contributed by atoms with E-state index >= 15 is 0 Å². The van der Waals surface area contributed by atoms with Gasteiger partial charge in [0.15, 0.2) is 31.2 Å². The summed E-state index contributed by atoms with van der Waals surface area (Å²) in [5, 5.41) is -0.985. The molecule has 32 heavy (non-hydrogen) atoms. The number of fused-ring (bicyclic) bond motifs is 1. The minimum absolute atomic E-state index is 0.146. The van der Waals surface area contributed by atoms with Gasteiger partial charge in [0.1, 0.15) is 0 Å². The zero-order valence-corrected chi connectivity index (χ0v) is 20.2. The first-order chi connectivity index (χ1) is 15.2. The second kappa shape index (κ2) is 8.68. The molecule has 1 saturated heterocycles. The molecule has 0 amide bonds. The Morgan fingerprint density at radius 2 is 1.62 bits per heavy atom. The summed E-state index contributed by atoms with van der Waals surface area (Å²) in [5.74, 6) is 0.767. The molecule has 2 heterocycles. The van der Waals surface area contributed by atoms with Crippen molar-refractivity contribution in [1.29, 1.82) is 0 Å². The molecule has 0 saturated carbocycles. The summed E-state index contributed by atoms with van der Waals surface area (Å²) >= 11 is 0. The lowest BCUT2D eigenvalue weighted by Crippen LogP contribution is -2.48. The third kappa shape index (κ3) is 4.25. The first-order valence-corrected chi connectivity index (χ1v) is 14.1. The maximum absolute atomic E-state index is 13.5. The highest BCUT2D eigenvalue weighted by Gasteiger charge is 2.48. The van der Waals surface area contributed by atoms with Crippen LogP contribution in [-0.2, 0) is 39.1 Å². The van der Waals surface area contributed by atoms with Crippen LogP contribution in [-0.4, -0.2) is 65.3 Å². The first kappa shape index (κ1) is 23.1. The van der Waals surface area contributed by atoms with Crippen molar-refractivity contribution in [2.75, 3.05) is 32.3 Å². The Bertz CT molecular complexity index is 1210. The van der Waals surface area contributed by atoms with E-state index in [9.17, 15) is 16.8 Å². The molecule has 0 N–H and O–H groups in total. The summed E-state index contributed by atoms with van der Waals surface area (Å²) in [6.45, 7) is 3.06. The SMILES string of the molecule is CCc1ccc(S(=O)(=O)[C@@H]2CS(=O)(=O)C[C@@H]2N2CCc3cc(OC)c(OC)cc3C2)cc1. The fraction of sp³-hybridized carbons (Fsp3) is 0.478. The van der Waals surface area contributed by atoms with Gasteiger partial charge in [0.05, 0.1) is 35.9 Å². The third-order valence-electron chi connectivity index (χ3n) is 6.55. The number of sulfone groups is 2. The van der Waals surface area contributed by atoms with Crippen molar-refractivity contribution in [1.82, 2.24) is 4.90 Å². The number of benzene rings is 2. The molecule has 0 aromatic heterocycles. The lowest BCUT2D eigenvalue weighted by Gasteiger charge is -2.36. The van der Waals surface area contributed by atoms with Crippen molar-refractivity contribution in [3.05, 3.63) is 53.1 Å². The lowest BCUT2D eigenvalue weighted by molar-refractivity contribution is 0.195. The molecule has 0 radical (unpaired) electrons. The molecule has 0 aliphatic carbocycles. The van der Waals surface area contributed by atoms with Gasteiger partial charge in [-0.25, -0.2) is 16.8 Å². The molecule has 0 bridgehead atoms. The number of ether oxygens (including phenoxy) is 2. The molecule has 9 heteroatoms. The normalized spacial score (nSPS) is 23.0. The van der Waals surface area contributed by atoms with E-state index in [1.54, 1.807) is 38.5 Å². The van der Waals surface area contributed by atoms with Crippen molar-refractivity contribution in [2.24, 2.45) is 0 Å². The van der Waals surface area contributed by atoms with Gasteiger partial charge in [0.25, 0.3) is 0 Å². The summed E-state index contributed by atoms with van der Waals surface area (Å²) in [7, 11) is -4.11. The van der Waals surface area contributed by atoms with E-state index in [4.69, 9.17) is 9.47 Å². The monoisotopic (exact) mass is 479 g/mol. The fourth-order valence-electron chi connectivity index (χ4n) is 4.71. The Labute approximate surface area is 190 Å². The number of rotatable bonds is 6. The maximum atomic E-state index is 13.5. The van der Waals surface area contributed by atoms with Crippen LogP contribution in [0.1, 0.15) is 23.6 Å². The van der Waals surface area contributed by atoms with E-state index in [-0.39, 0.29) is 16.4 Å². The third-order valence-corrected chi connectivity index (χ3v) is 10.7. The number of aryl methyl sites for hydroxylation is 1. The molecule has 2 aliphatic rings. The van der Waals surface area contributed by atoms with E-state index in [0.717, 1.165) is 23.1 Å². The molecule has 1 fully saturated rings. The topological polar surface area (TPSA) is 90.0 Å². The second-order valence-electron chi connectivity index (χ2n) is 8.42. The van der Waals surface area contributed by atoms with Crippen molar-refractivity contribution in [3.8, 4) is 11.5 Å². The lowest BCUT2D eigenvalue weighted by atomic mass is 9.97. The largest absolute Gasteiger partial charge is 0.493 e. The van der Waals surface area contributed by atoms with Crippen LogP contribution in [0, 0.1) is 0 Å². The van der Waals surface area contributed by atoms with E-state index < -0.39 is 31.0 Å². The zero-order chi connectivity index (χ0) is 23.1. The smallest absolute Gasteiger partial charge is 0.183 e. The van der Waals surface area contributed by atoms with Crippen LogP contribution in [0.2, 0.25) is 0 Å². The number of nitrogens with zero attached hydrogens (tertiary/aromatic N) is 1. The minimum Gasteiger partial charge on any atom is -0.493 e. The van der Waals surface area contributed by atoms with Crippen LogP contribution in [0.15, 0.2) is 41.3 Å². The van der Waals surface area contributed by atoms with E-state index in [1.165, 1.54) is 0 Å². The molecule has 174 valence electrons. The standard InChI is InChI=1S/C23H29NO6S2/c1-4-16-5-7-19(8-6-16)32(27,28)23-15-31(25,26)14-20(23)24-10-9-17-11-21(29-2)22(30-3)12-18(17)13-24/h5-8,11-12,20,23H,4,9-10,13-15H2,1-3H3/t20-,23+/m0/s1. The number of hydrogen-bond acceptors (Lipinski definition) is 7. The summed E-state index contributed by atoms with van der Waals surface area (Å²) < 4.78 is 62.9. The van der Waals surface area contributed by atoms with Gasteiger partial charge < -0.3 is 9.47 Å². The first-order valence-electron chi connectivity index (χ1n) is 10.7. The molecule has 2 atom stereocenters. The summed E-state index contributed by atoms with van der Waals surface area (Å²) in [4.78, 5) is 2.19. The second-order valence-corrected chi connectivity index (χ2v) is 12.7. The van der Waals surface area contributed by atoms with E-state index in [1.807, 2.05) is 24.0 Å². The summed E-state index contributed by atoms with van der Waals surface area (Å²) in [6, 6.07) is 10.0. The van der Waals surface area contributed by atoms with Crippen molar-refractivity contribution in [3.63, 3.8) is 0 Å². The molecule has 4 rings (SSSR count). The Hall–Kier alpha value is -2.10. The molecular weight excluding hydrogens is 450 g/mol. The molecule has 2 aliphatic heterocycles. The Morgan fingerprint density at radius 3 is 2.22 bits per heavy atom. The van der Waals surface area contributed by atoms with Gasteiger partial charge in [-0.05, 0) is 53.8 Å². The van der Waals surface area contributed by atoms with E-state index in [0.29, 0.717) is 31.0 Å². The van der Waals surface area contributed by atoms with Crippen LogP contribution >= 0.6 is 0 Å². The summed E-state index contributed by atoms with van der Waals surface area (Å²) in [6.07, 6.45) is 1.49. The molecule has 7 nitrogen and oxygen atoms in total. The van der Waals surface area contributed by atoms with Crippen molar-refractivity contribution in [2.45, 2.75) is 42.5 Å². The van der Waals surface area contributed by atoms with Gasteiger partial charge in [-0.15, -0.1) is 0 Å². The molecule has 2 aromatic rings. The molecular formula is C23H29NO6S2. The van der Waals surface area contributed by atoms with Crippen LogP contribution in [0.4, 0.5) is 0 Å². The van der Waals surface area contributed by atoms with Crippen molar-refractivity contribution >= 4 is 19.7 Å². The highest BCUT2D eigenvalue weighted by molar-refractivity contribution is 7.96. The van der Waals surface area contributed by atoms with Gasteiger partial charge in [-0.1, -0.05) is 19.1 Å². The van der Waals surface area contributed by atoms with Crippen LogP contribution in [0.25, 0.3) is 0 Å². The van der Waals surface area contributed by atoms with Crippen molar-refractivity contribution < 1.29 is 26.3 Å². The van der Waals surface area contributed by atoms with Gasteiger partial charge >= 0.3 is 0 Å². The maximum Gasteiger partial charge on any atom is 0.183 e. The highest BCUT2D eigenvalue weighted by Crippen LogP contribution is 2.36. The number of hydrogen-bond donors (Lipinski definition) is 0. The molecule has 0 unspecified atom stereocenters. The Balaban J connectivity index is 1.66. The Morgan fingerprint density at radius 1 is 1.00 bits per heavy atom. The zero-order valence-electron chi connectivity index (χ0n) is 18.6. The molecule has 0 spiro atoms. The minimum atomic E-state index is -3.80. The highest BCUT2D eigenvalue weighted by atomic mass is 32.2. The van der Waals surface area contributed by atoms with Crippen LogP contribution in [0.5, 0.6) is 11.5 Å². The van der Waals surface area contributed by atoms with Gasteiger partial charge in [-0.3, -0.25) is 4.90 Å². The van der Waals surface area contributed by atoms with Crippen LogP contribution < -0.4 is 9.47 Å². The molecule has 2 aromatic carbocycles. The predicted octanol–water partition coefficient (Wildman–Crippen LogP) is 2.26. The van der Waals surface area contributed by atoms with Gasteiger partial charge in [0.2, 0.25) is 0 Å². The Kier molecular flexibility index (Phi) is 6.26. The number of methoxy groups -OCH3 is 2. The van der Waals surface area contributed by atoms with Gasteiger partial charge in [-0.2, -0.15) is 0 Å². The predicted molar refractivity (Wildman–Crippen MR) is 123 cm³/mol. The van der Waals surface area contributed by atoms with E-state index in [2.05, 4.69) is 0 Å². The quantitative estimate of drug-likeness (QED) is 0.628. The fourth-order valence-corrected chi connectivity index (χ4v) is 9.54. The van der Waals surface area contributed by atoms with Gasteiger partial charge in [0, 0.05) is 19.1 Å². The summed E-state index contributed by atoms with van der Waals surface area (Å²) in [5.41, 5.74) is 3.15. The average molecular weight is 480 g/mol. The van der Waals surface area contributed by atoms with Crippen LogP contribution in [0.3, 0.4) is 0 Å².